The third-order valence-electron chi connectivity index (χ3n) is 4.02. The molecule has 0 saturated heterocycles. The van der Waals surface area contributed by atoms with Gasteiger partial charge in [-0.25, -0.2) is 0 Å². The van der Waals surface area contributed by atoms with Crippen LogP contribution in [0.25, 0.3) is 5.32 Å². The van der Waals surface area contributed by atoms with Crippen LogP contribution in [0, 0.1) is 13.1 Å². The van der Waals surface area contributed by atoms with Gasteiger partial charge in [0.05, 0.1) is 0 Å². The third kappa shape index (κ3) is 7.90. The Balaban J connectivity index is 0.000000207. The van der Waals surface area contributed by atoms with E-state index in [9.17, 15) is 5.11 Å². The second-order valence-corrected chi connectivity index (χ2v) is 6.14. The largest absolute Gasteiger partial charge is 0.648 e. The Bertz CT molecular complexity index is 860. The van der Waals surface area contributed by atoms with Crippen LogP contribution >= 0.6 is 0 Å². The number of hydrogen-bond donors (Lipinski definition) is 1. The van der Waals surface area contributed by atoms with Gasteiger partial charge in [-0.05, 0) is 35.4 Å². The number of aliphatic hydroxyl groups excluding tert-OH is 1. The summed E-state index contributed by atoms with van der Waals surface area (Å²) < 4.78 is 0. The standard InChI is InChI=1S/C13H12O.C12H10N3.Fe/c14-13(11-7-3-1-4-8-11)12-9-5-2-6-10-12;1-3-7-14-11(5-1)9-13-10-12-6-2-4-8-15-12;/h1-10,13-14H;1-10H;/q;-1;. The van der Waals surface area contributed by atoms with Crippen molar-refractivity contribution < 1.29 is 22.2 Å². The quantitative estimate of drug-likeness (QED) is 0.416. The first-order chi connectivity index (χ1) is 14.3. The molecule has 152 valence electrons. The number of nitrogens with zero attached hydrogens (tertiary/aromatic N) is 3. The molecule has 0 unspecified atom stereocenters. The van der Waals surface area contributed by atoms with Crippen molar-refractivity contribution in [1.82, 2.24) is 9.97 Å². The minimum absolute atomic E-state index is 0. The number of benzene rings is 2. The SMILES string of the molecule is OC(c1ccccc1)c1ccccc1.[CH]([N-][CH]c1ccccn1)c1ccccn1.[Fe]. The van der Waals surface area contributed by atoms with Crippen molar-refractivity contribution in [1.29, 1.82) is 0 Å². The average molecular weight is 436 g/mol. The molecule has 0 fully saturated rings. The molecule has 2 aromatic carbocycles. The van der Waals surface area contributed by atoms with Crippen LogP contribution in [0.4, 0.5) is 0 Å². The summed E-state index contributed by atoms with van der Waals surface area (Å²) in [5.74, 6) is 0. The van der Waals surface area contributed by atoms with Crippen LogP contribution in [-0.4, -0.2) is 15.1 Å². The minimum atomic E-state index is -0.516. The molecule has 0 spiro atoms. The minimum Gasteiger partial charge on any atom is -0.648 e. The second kappa shape index (κ2) is 13.4. The summed E-state index contributed by atoms with van der Waals surface area (Å²) in [4.78, 5) is 8.24. The van der Waals surface area contributed by atoms with Gasteiger partial charge >= 0.3 is 0 Å². The number of rotatable bonds is 6. The van der Waals surface area contributed by atoms with E-state index >= 15 is 0 Å². The van der Waals surface area contributed by atoms with E-state index in [2.05, 4.69) is 15.3 Å². The van der Waals surface area contributed by atoms with Gasteiger partial charge in [0.25, 0.3) is 0 Å². The van der Waals surface area contributed by atoms with Crippen molar-refractivity contribution in [2.45, 2.75) is 6.10 Å². The fraction of sp³-hybridized carbons (Fsp3) is 0.0400. The number of aromatic nitrogens is 2. The van der Waals surface area contributed by atoms with Crippen LogP contribution < -0.4 is 0 Å². The van der Waals surface area contributed by atoms with Crippen LogP contribution in [0.15, 0.2) is 109 Å². The van der Waals surface area contributed by atoms with E-state index in [1.165, 1.54) is 0 Å². The van der Waals surface area contributed by atoms with Crippen molar-refractivity contribution in [3.63, 3.8) is 0 Å². The molecule has 0 saturated carbocycles. The molecule has 30 heavy (non-hydrogen) atoms. The van der Waals surface area contributed by atoms with Crippen molar-refractivity contribution in [3.05, 3.63) is 150 Å². The van der Waals surface area contributed by atoms with Gasteiger partial charge in [-0.1, -0.05) is 72.8 Å². The maximum atomic E-state index is 9.99. The van der Waals surface area contributed by atoms with Crippen LogP contribution in [0.3, 0.4) is 0 Å². The summed E-state index contributed by atoms with van der Waals surface area (Å²) in [5.41, 5.74) is 3.53. The molecule has 2 radical (unpaired) electrons. The summed E-state index contributed by atoms with van der Waals surface area (Å²) >= 11 is 0. The van der Waals surface area contributed by atoms with Crippen molar-refractivity contribution in [2.75, 3.05) is 0 Å². The topological polar surface area (TPSA) is 60.1 Å². The first-order valence-electron chi connectivity index (χ1n) is 9.29. The zero-order chi connectivity index (χ0) is 20.2. The van der Waals surface area contributed by atoms with Gasteiger partial charge in [-0.15, -0.1) is 13.1 Å². The maximum absolute atomic E-state index is 9.99. The Morgan fingerprint density at radius 3 is 1.37 bits per heavy atom. The monoisotopic (exact) mass is 436 g/mol. The van der Waals surface area contributed by atoms with E-state index in [0.29, 0.717) is 0 Å². The molecular weight excluding hydrogens is 414 g/mol. The van der Waals surface area contributed by atoms with Gasteiger partial charge in [0.1, 0.15) is 6.10 Å². The molecule has 1 N–H and O–H groups in total. The van der Waals surface area contributed by atoms with E-state index in [0.717, 1.165) is 22.5 Å². The number of hydrogen-bond acceptors (Lipinski definition) is 3. The van der Waals surface area contributed by atoms with Crippen LogP contribution in [0.5, 0.6) is 0 Å². The summed E-state index contributed by atoms with van der Waals surface area (Å²) in [7, 11) is 0. The molecule has 0 amide bonds. The fourth-order valence-electron chi connectivity index (χ4n) is 2.56. The predicted molar refractivity (Wildman–Crippen MR) is 116 cm³/mol. The third-order valence-corrected chi connectivity index (χ3v) is 4.02. The molecule has 0 aliphatic heterocycles. The van der Waals surface area contributed by atoms with E-state index in [1.807, 2.05) is 97.1 Å². The molecule has 4 nitrogen and oxygen atoms in total. The van der Waals surface area contributed by atoms with Crippen LogP contribution in [0.1, 0.15) is 28.6 Å². The molecule has 4 rings (SSSR count). The van der Waals surface area contributed by atoms with Gasteiger partial charge in [-0.3, -0.25) is 9.97 Å². The number of aliphatic hydroxyl groups is 1. The first-order valence-corrected chi connectivity index (χ1v) is 9.29. The van der Waals surface area contributed by atoms with Gasteiger partial charge in [0.2, 0.25) is 0 Å². The van der Waals surface area contributed by atoms with Crippen LogP contribution in [0.2, 0.25) is 0 Å². The summed E-state index contributed by atoms with van der Waals surface area (Å²) in [6.45, 7) is 3.41. The molecule has 2 aromatic heterocycles. The predicted octanol–water partition coefficient (Wildman–Crippen LogP) is 5.34. The zero-order valence-corrected chi connectivity index (χ0v) is 17.4. The normalized spacial score (nSPS) is 9.93. The molecule has 2 heterocycles. The van der Waals surface area contributed by atoms with Gasteiger partial charge in [-0.2, -0.15) is 0 Å². The Morgan fingerprint density at radius 1 is 0.600 bits per heavy atom. The summed E-state index contributed by atoms with van der Waals surface area (Å²) in [6, 6.07) is 30.7. The van der Waals surface area contributed by atoms with E-state index in [-0.39, 0.29) is 17.1 Å². The first kappa shape index (κ1) is 23.5. The summed E-state index contributed by atoms with van der Waals surface area (Å²) in [5, 5.41) is 14.1. The van der Waals surface area contributed by atoms with Crippen LogP contribution in [-0.2, 0) is 17.1 Å². The zero-order valence-electron chi connectivity index (χ0n) is 16.3. The van der Waals surface area contributed by atoms with Gasteiger partial charge in [0.15, 0.2) is 0 Å². The molecule has 0 bridgehead atoms. The summed E-state index contributed by atoms with van der Waals surface area (Å²) in [6.07, 6.45) is 2.96. The molecule has 5 heteroatoms. The Morgan fingerprint density at radius 2 is 1.00 bits per heavy atom. The van der Waals surface area contributed by atoms with E-state index < -0.39 is 6.10 Å². The molecular formula is C25H22FeN3O-. The van der Waals surface area contributed by atoms with Gasteiger partial charge in [0, 0.05) is 40.9 Å². The maximum Gasteiger partial charge on any atom is 0.104 e. The Hall–Kier alpha value is -2.82. The van der Waals surface area contributed by atoms with E-state index in [4.69, 9.17) is 0 Å². The average Bonchev–Trinajstić information content (AvgIpc) is 2.82. The molecule has 0 aliphatic rings. The second-order valence-electron chi connectivity index (χ2n) is 6.14. The smallest absolute Gasteiger partial charge is 0.104 e. The van der Waals surface area contributed by atoms with Crippen molar-refractivity contribution in [3.8, 4) is 0 Å². The molecule has 0 aliphatic carbocycles. The number of pyridine rings is 2. The van der Waals surface area contributed by atoms with Gasteiger partial charge < -0.3 is 10.4 Å². The Kier molecular flexibility index (Phi) is 10.5. The van der Waals surface area contributed by atoms with Crippen molar-refractivity contribution >= 4 is 0 Å². The molecule has 4 aromatic rings. The Labute approximate surface area is 188 Å². The fourth-order valence-corrected chi connectivity index (χ4v) is 2.56. The van der Waals surface area contributed by atoms with Crippen molar-refractivity contribution in [2.24, 2.45) is 0 Å². The van der Waals surface area contributed by atoms with E-state index in [1.54, 1.807) is 25.5 Å². The molecule has 0 atom stereocenters.